The van der Waals surface area contributed by atoms with E-state index in [9.17, 15) is 10.1 Å². The number of pyridine rings is 1. The predicted octanol–water partition coefficient (Wildman–Crippen LogP) is 2.20. The third-order valence-electron chi connectivity index (χ3n) is 2.90. The van der Waals surface area contributed by atoms with Gasteiger partial charge >= 0.3 is 5.69 Å². The van der Waals surface area contributed by atoms with Gasteiger partial charge in [-0.2, -0.15) is 0 Å². The first-order valence-electron chi connectivity index (χ1n) is 5.65. The zero-order valence-corrected chi connectivity index (χ0v) is 10.4. The largest absolute Gasteiger partial charge is 0.384 e. The highest BCUT2D eigenvalue weighted by molar-refractivity contribution is 5.61. The van der Waals surface area contributed by atoms with Crippen LogP contribution in [-0.2, 0) is 0 Å². The molecule has 2 N–H and O–H groups in total. The third kappa shape index (κ3) is 2.83. The second-order valence-corrected chi connectivity index (χ2v) is 3.92. The minimum absolute atomic E-state index is 0.00593. The first-order chi connectivity index (χ1) is 8.01. The van der Waals surface area contributed by atoms with Crippen molar-refractivity contribution < 1.29 is 4.92 Å². The van der Waals surface area contributed by atoms with Crippen molar-refractivity contribution in [1.82, 2.24) is 4.98 Å². The molecule has 6 nitrogen and oxygen atoms in total. The molecule has 0 amide bonds. The number of aromatic nitrogens is 1. The molecule has 0 saturated carbocycles. The molecule has 1 rings (SSSR count). The number of hydrogen-bond acceptors (Lipinski definition) is 5. The Morgan fingerprint density at radius 1 is 1.47 bits per heavy atom. The van der Waals surface area contributed by atoms with Crippen molar-refractivity contribution in [2.24, 2.45) is 0 Å². The number of nitro groups is 1. The molecule has 1 aromatic rings. The second kappa shape index (κ2) is 5.47. The highest BCUT2D eigenvalue weighted by atomic mass is 16.6. The van der Waals surface area contributed by atoms with Gasteiger partial charge in [-0.15, -0.1) is 0 Å². The molecule has 0 fully saturated rings. The molecule has 94 valence electrons. The lowest BCUT2D eigenvalue weighted by molar-refractivity contribution is -0.384. The number of hydrogen-bond donors (Lipinski definition) is 1. The van der Waals surface area contributed by atoms with Crippen LogP contribution in [-0.4, -0.2) is 23.0 Å². The van der Waals surface area contributed by atoms with Gasteiger partial charge in [0.1, 0.15) is 5.82 Å². The predicted molar refractivity (Wildman–Crippen MR) is 68.1 cm³/mol. The molecule has 0 aliphatic heterocycles. The summed E-state index contributed by atoms with van der Waals surface area (Å²) in [6.07, 6.45) is 1.81. The fourth-order valence-corrected chi connectivity index (χ4v) is 1.87. The summed E-state index contributed by atoms with van der Waals surface area (Å²) in [5.41, 5.74) is 5.58. The Kier molecular flexibility index (Phi) is 4.25. The topological polar surface area (TPSA) is 85.3 Å². The molecule has 17 heavy (non-hydrogen) atoms. The smallest absolute Gasteiger partial charge is 0.311 e. The Morgan fingerprint density at radius 3 is 2.53 bits per heavy atom. The maximum atomic E-state index is 10.9. The van der Waals surface area contributed by atoms with Crippen molar-refractivity contribution in [3.05, 3.63) is 22.2 Å². The van der Waals surface area contributed by atoms with Crippen molar-refractivity contribution in [3.63, 3.8) is 0 Å². The van der Waals surface area contributed by atoms with E-state index in [1.54, 1.807) is 0 Å². The summed E-state index contributed by atoms with van der Waals surface area (Å²) in [6.45, 7) is 4.09. The monoisotopic (exact) mass is 238 g/mol. The van der Waals surface area contributed by atoms with E-state index in [0.29, 0.717) is 11.6 Å². The SMILES string of the molecule is CCC(CC)N(C)c1nc(N)ccc1[N+](=O)[O-]. The van der Waals surface area contributed by atoms with Crippen LogP contribution in [0.4, 0.5) is 17.3 Å². The average molecular weight is 238 g/mol. The van der Waals surface area contributed by atoms with E-state index in [1.807, 2.05) is 25.8 Å². The Balaban J connectivity index is 3.18. The zero-order chi connectivity index (χ0) is 13.0. The van der Waals surface area contributed by atoms with Crippen LogP contribution >= 0.6 is 0 Å². The molecule has 0 radical (unpaired) electrons. The van der Waals surface area contributed by atoms with Crippen molar-refractivity contribution in [2.75, 3.05) is 17.7 Å². The lowest BCUT2D eigenvalue weighted by Gasteiger charge is -2.26. The third-order valence-corrected chi connectivity index (χ3v) is 2.90. The minimum Gasteiger partial charge on any atom is -0.384 e. The number of nitrogens with zero attached hydrogens (tertiary/aromatic N) is 3. The lowest BCUT2D eigenvalue weighted by atomic mass is 10.1. The standard InChI is InChI=1S/C11H18N4O2/c1-4-8(5-2)14(3)11-9(15(16)17)6-7-10(12)13-11/h6-8H,4-5H2,1-3H3,(H2,12,13). The Bertz CT molecular complexity index is 404. The van der Waals surface area contributed by atoms with Crippen LogP contribution in [0, 0.1) is 10.1 Å². The van der Waals surface area contributed by atoms with Crippen LogP contribution in [0.5, 0.6) is 0 Å². The number of nitrogens with two attached hydrogens (primary N) is 1. The molecule has 0 aliphatic carbocycles. The van der Waals surface area contributed by atoms with Gasteiger partial charge in [0, 0.05) is 19.2 Å². The first-order valence-corrected chi connectivity index (χ1v) is 5.65. The van der Waals surface area contributed by atoms with Crippen LogP contribution in [0.2, 0.25) is 0 Å². The molecule has 0 saturated heterocycles. The molecule has 1 heterocycles. The minimum atomic E-state index is -0.430. The van der Waals surface area contributed by atoms with Crippen LogP contribution in [0.25, 0.3) is 0 Å². The van der Waals surface area contributed by atoms with Crippen LogP contribution in [0.1, 0.15) is 26.7 Å². The van der Waals surface area contributed by atoms with Crippen molar-refractivity contribution in [2.45, 2.75) is 32.7 Å². The normalized spacial score (nSPS) is 10.6. The van der Waals surface area contributed by atoms with E-state index in [4.69, 9.17) is 5.73 Å². The number of nitrogen functional groups attached to an aromatic ring is 1. The zero-order valence-electron chi connectivity index (χ0n) is 10.4. The fourth-order valence-electron chi connectivity index (χ4n) is 1.87. The van der Waals surface area contributed by atoms with Crippen molar-refractivity contribution >= 4 is 17.3 Å². The van der Waals surface area contributed by atoms with E-state index in [0.717, 1.165) is 12.8 Å². The summed E-state index contributed by atoms with van der Waals surface area (Å²) in [6, 6.07) is 3.07. The van der Waals surface area contributed by atoms with Crippen LogP contribution in [0.3, 0.4) is 0 Å². The summed E-state index contributed by atoms with van der Waals surface area (Å²) in [5, 5.41) is 10.9. The van der Waals surface area contributed by atoms with E-state index in [1.165, 1.54) is 12.1 Å². The maximum Gasteiger partial charge on any atom is 0.311 e. The molecule has 0 bridgehead atoms. The van der Waals surface area contributed by atoms with Crippen LogP contribution < -0.4 is 10.6 Å². The summed E-state index contributed by atoms with van der Waals surface area (Å²) in [5.74, 6) is 0.632. The maximum absolute atomic E-state index is 10.9. The summed E-state index contributed by atoms with van der Waals surface area (Å²) in [4.78, 5) is 16.4. The van der Waals surface area contributed by atoms with Gasteiger partial charge in [0.25, 0.3) is 0 Å². The van der Waals surface area contributed by atoms with Gasteiger partial charge < -0.3 is 10.6 Å². The Labute approximate surface area is 101 Å². The molecular weight excluding hydrogens is 220 g/mol. The summed E-state index contributed by atoms with van der Waals surface area (Å²) >= 11 is 0. The van der Waals surface area contributed by atoms with Gasteiger partial charge in [0.05, 0.1) is 4.92 Å². The van der Waals surface area contributed by atoms with E-state index in [2.05, 4.69) is 4.98 Å². The summed E-state index contributed by atoms with van der Waals surface area (Å²) < 4.78 is 0. The number of rotatable bonds is 5. The fraction of sp³-hybridized carbons (Fsp3) is 0.545. The van der Waals surface area contributed by atoms with Crippen LogP contribution in [0.15, 0.2) is 12.1 Å². The molecule has 0 unspecified atom stereocenters. The van der Waals surface area contributed by atoms with Gasteiger partial charge in [-0.25, -0.2) is 4.98 Å². The highest BCUT2D eigenvalue weighted by Gasteiger charge is 2.22. The van der Waals surface area contributed by atoms with Gasteiger partial charge in [0.2, 0.25) is 5.82 Å². The second-order valence-electron chi connectivity index (χ2n) is 3.92. The summed E-state index contributed by atoms with van der Waals surface area (Å²) in [7, 11) is 1.81. The molecule has 0 aliphatic rings. The van der Waals surface area contributed by atoms with Crippen molar-refractivity contribution in [3.8, 4) is 0 Å². The van der Waals surface area contributed by atoms with Gasteiger partial charge in [-0.05, 0) is 18.9 Å². The molecule has 0 atom stereocenters. The first kappa shape index (κ1) is 13.2. The quantitative estimate of drug-likeness (QED) is 0.627. The van der Waals surface area contributed by atoms with E-state index >= 15 is 0 Å². The molecular formula is C11H18N4O2. The average Bonchev–Trinajstić information content (AvgIpc) is 2.29. The van der Waals surface area contributed by atoms with Crippen molar-refractivity contribution in [1.29, 1.82) is 0 Å². The highest BCUT2D eigenvalue weighted by Crippen LogP contribution is 2.28. The molecule has 6 heteroatoms. The van der Waals surface area contributed by atoms with E-state index in [-0.39, 0.29) is 11.7 Å². The van der Waals surface area contributed by atoms with Gasteiger partial charge in [-0.3, -0.25) is 10.1 Å². The number of anilines is 2. The van der Waals surface area contributed by atoms with Gasteiger partial charge in [-0.1, -0.05) is 13.8 Å². The Hall–Kier alpha value is -1.85. The van der Waals surface area contributed by atoms with Gasteiger partial charge in [0.15, 0.2) is 0 Å². The lowest BCUT2D eigenvalue weighted by Crippen LogP contribution is -2.31. The molecule has 0 aromatic carbocycles. The molecule has 0 spiro atoms. The molecule has 1 aromatic heterocycles. The van der Waals surface area contributed by atoms with E-state index < -0.39 is 4.92 Å². The Morgan fingerprint density at radius 2 is 2.06 bits per heavy atom.